The molecular formula is C18H24N2. The average Bonchev–Trinajstić information content (AvgIpc) is 2.46. The van der Waals surface area contributed by atoms with E-state index in [9.17, 15) is 0 Å². The second-order valence-corrected chi connectivity index (χ2v) is 5.63. The predicted molar refractivity (Wildman–Crippen MR) is 87.7 cm³/mol. The van der Waals surface area contributed by atoms with Crippen molar-refractivity contribution in [1.29, 1.82) is 0 Å². The molecule has 2 aromatic rings. The Morgan fingerprint density at radius 3 is 2.50 bits per heavy atom. The van der Waals surface area contributed by atoms with Gasteiger partial charge in [0.15, 0.2) is 0 Å². The Kier molecular flexibility index (Phi) is 4.46. The van der Waals surface area contributed by atoms with E-state index in [4.69, 9.17) is 5.73 Å². The molecule has 0 heterocycles. The second-order valence-electron chi connectivity index (χ2n) is 5.63. The topological polar surface area (TPSA) is 29.3 Å². The van der Waals surface area contributed by atoms with Gasteiger partial charge < -0.3 is 10.6 Å². The second kappa shape index (κ2) is 6.10. The van der Waals surface area contributed by atoms with E-state index in [1.165, 1.54) is 22.5 Å². The lowest BCUT2D eigenvalue weighted by atomic mass is 10.00. The molecule has 106 valence electrons. The largest absolute Gasteiger partial charge is 0.344 e. The molecule has 2 heteroatoms. The normalized spacial score (nSPS) is 10.9. The van der Waals surface area contributed by atoms with E-state index in [0.717, 1.165) is 5.56 Å². The number of hydrogen-bond donors (Lipinski definition) is 1. The fourth-order valence-corrected chi connectivity index (χ4v) is 2.38. The van der Waals surface area contributed by atoms with E-state index in [1.807, 2.05) is 0 Å². The maximum Gasteiger partial charge on any atom is 0.0440 e. The fourth-order valence-electron chi connectivity index (χ4n) is 2.38. The van der Waals surface area contributed by atoms with Crippen molar-refractivity contribution in [3.63, 3.8) is 0 Å². The lowest BCUT2D eigenvalue weighted by Crippen LogP contribution is -2.12. The van der Waals surface area contributed by atoms with Crippen molar-refractivity contribution < 1.29 is 0 Å². The molecule has 2 nitrogen and oxygen atoms in total. The van der Waals surface area contributed by atoms with Crippen LogP contribution in [0.4, 0.5) is 11.4 Å². The molecule has 0 amide bonds. The molecule has 2 rings (SSSR count). The summed E-state index contributed by atoms with van der Waals surface area (Å²) in [4.78, 5) is 2.24. The maximum atomic E-state index is 5.73. The Morgan fingerprint density at radius 1 is 1.10 bits per heavy atom. The third-order valence-electron chi connectivity index (χ3n) is 3.79. The molecule has 0 aromatic heterocycles. The highest BCUT2D eigenvalue weighted by Gasteiger charge is 2.10. The van der Waals surface area contributed by atoms with E-state index < -0.39 is 0 Å². The zero-order valence-corrected chi connectivity index (χ0v) is 12.9. The van der Waals surface area contributed by atoms with Gasteiger partial charge in [-0.3, -0.25) is 0 Å². The van der Waals surface area contributed by atoms with E-state index >= 15 is 0 Å². The average molecular weight is 268 g/mol. The summed E-state index contributed by atoms with van der Waals surface area (Å²) in [6.45, 7) is 7.18. The quantitative estimate of drug-likeness (QED) is 0.893. The van der Waals surface area contributed by atoms with Gasteiger partial charge in [0.2, 0.25) is 0 Å². The first kappa shape index (κ1) is 14.6. The van der Waals surface area contributed by atoms with Crippen LogP contribution in [0.15, 0.2) is 42.5 Å². The third-order valence-corrected chi connectivity index (χ3v) is 3.79. The Morgan fingerprint density at radius 2 is 1.85 bits per heavy atom. The van der Waals surface area contributed by atoms with Crippen molar-refractivity contribution in [2.45, 2.75) is 33.2 Å². The number of nitrogens with two attached hydrogens (primary N) is 1. The van der Waals surface area contributed by atoms with E-state index in [0.29, 0.717) is 12.5 Å². The molecule has 0 fully saturated rings. The minimum Gasteiger partial charge on any atom is -0.344 e. The molecule has 0 spiro atoms. The van der Waals surface area contributed by atoms with Crippen LogP contribution in [0.5, 0.6) is 0 Å². The molecule has 2 N–H and O–H groups in total. The van der Waals surface area contributed by atoms with Crippen LogP contribution >= 0.6 is 0 Å². The van der Waals surface area contributed by atoms with Crippen molar-refractivity contribution >= 4 is 11.4 Å². The highest BCUT2D eigenvalue weighted by atomic mass is 15.1. The van der Waals surface area contributed by atoms with Crippen LogP contribution < -0.4 is 10.6 Å². The van der Waals surface area contributed by atoms with Gasteiger partial charge >= 0.3 is 0 Å². The minimum atomic E-state index is 0.540. The van der Waals surface area contributed by atoms with E-state index in [1.54, 1.807) is 0 Å². The molecule has 0 aliphatic heterocycles. The molecule has 0 bridgehead atoms. The molecule has 0 aliphatic rings. The highest BCUT2D eigenvalue weighted by Crippen LogP contribution is 2.30. The van der Waals surface area contributed by atoms with Gasteiger partial charge in [-0.25, -0.2) is 0 Å². The van der Waals surface area contributed by atoms with Crippen LogP contribution in [-0.2, 0) is 6.54 Å². The first-order valence-corrected chi connectivity index (χ1v) is 7.16. The highest BCUT2D eigenvalue weighted by molar-refractivity contribution is 5.67. The zero-order chi connectivity index (χ0) is 14.7. The first-order valence-electron chi connectivity index (χ1n) is 7.16. The van der Waals surface area contributed by atoms with Gasteiger partial charge in [0.05, 0.1) is 0 Å². The minimum absolute atomic E-state index is 0.540. The van der Waals surface area contributed by atoms with Crippen LogP contribution in [-0.4, -0.2) is 7.05 Å². The van der Waals surface area contributed by atoms with Crippen LogP contribution in [0.3, 0.4) is 0 Å². The molecule has 0 saturated carbocycles. The van der Waals surface area contributed by atoms with E-state index in [2.05, 4.69) is 75.2 Å². The summed E-state index contributed by atoms with van der Waals surface area (Å²) in [5, 5.41) is 0. The summed E-state index contributed by atoms with van der Waals surface area (Å²) in [6, 6.07) is 15.1. The molecule has 0 unspecified atom stereocenters. The Bertz CT molecular complexity index is 588. The van der Waals surface area contributed by atoms with Gasteiger partial charge in [-0.1, -0.05) is 38.1 Å². The lowest BCUT2D eigenvalue weighted by molar-refractivity contribution is 0.865. The number of nitrogens with zero attached hydrogens (tertiary/aromatic N) is 1. The number of rotatable bonds is 4. The first-order chi connectivity index (χ1) is 9.52. The van der Waals surface area contributed by atoms with E-state index in [-0.39, 0.29) is 0 Å². The standard InChI is InChI=1S/C18H24N2/c1-13(2)16-9-8-14(3)18(11-16)20(4)17-7-5-6-15(10-17)12-19/h5-11,13H,12,19H2,1-4H3. The van der Waals surface area contributed by atoms with Gasteiger partial charge in [-0.15, -0.1) is 0 Å². The molecular weight excluding hydrogens is 244 g/mol. The number of aryl methyl sites for hydroxylation is 1. The zero-order valence-electron chi connectivity index (χ0n) is 12.9. The van der Waals surface area contributed by atoms with Gasteiger partial charge in [0.25, 0.3) is 0 Å². The van der Waals surface area contributed by atoms with Crippen molar-refractivity contribution in [1.82, 2.24) is 0 Å². The monoisotopic (exact) mass is 268 g/mol. The molecule has 2 aromatic carbocycles. The van der Waals surface area contributed by atoms with Crippen molar-refractivity contribution in [3.8, 4) is 0 Å². The van der Waals surface area contributed by atoms with Gasteiger partial charge in [-0.2, -0.15) is 0 Å². The van der Waals surface area contributed by atoms with Gasteiger partial charge in [0, 0.05) is 25.0 Å². The predicted octanol–water partition coefficient (Wildman–Crippen LogP) is 4.35. The molecule has 0 aliphatic carbocycles. The molecule has 0 saturated heterocycles. The van der Waals surface area contributed by atoms with Gasteiger partial charge in [-0.05, 0) is 47.7 Å². The summed E-state index contributed by atoms with van der Waals surface area (Å²) in [7, 11) is 2.11. The van der Waals surface area contributed by atoms with Crippen molar-refractivity contribution in [2.24, 2.45) is 5.73 Å². The Labute approximate surface area is 122 Å². The maximum absolute atomic E-state index is 5.73. The summed E-state index contributed by atoms with van der Waals surface area (Å²) in [5.41, 5.74) is 12.0. The van der Waals surface area contributed by atoms with Crippen LogP contribution in [0.2, 0.25) is 0 Å². The summed E-state index contributed by atoms with van der Waals surface area (Å²) in [6.07, 6.45) is 0. The number of hydrogen-bond acceptors (Lipinski definition) is 2. The van der Waals surface area contributed by atoms with Crippen LogP contribution in [0.25, 0.3) is 0 Å². The van der Waals surface area contributed by atoms with Crippen LogP contribution in [0, 0.1) is 6.92 Å². The van der Waals surface area contributed by atoms with Crippen LogP contribution in [0.1, 0.15) is 36.5 Å². The van der Waals surface area contributed by atoms with Crippen molar-refractivity contribution in [3.05, 3.63) is 59.2 Å². The number of anilines is 2. The number of benzene rings is 2. The SMILES string of the molecule is Cc1ccc(C(C)C)cc1N(C)c1cccc(CN)c1. The molecule has 0 radical (unpaired) electrons. The van der Waals surface area contributed by atoms with Gasteiger partial charge in [0.1, 0.15) is 0 Å². The molecule has 0 atom stereocenters. The Balaban J connectivity index is 2.41. The lowest BCUT2D eigenvalue weighted by Gasteiger charge is -2.23. The van der Waals surface area contributed by atoms with Crippen molar-refractivity contribution in [2.75, 3.05) is 11.9 Å². The summed E-state index contributed by atoms with van der Waals surface area (Å²) < 4.78 is 0. The smallest absolute Gasteiger partial charge is 0.0440 e. The summed E-state index contributed by atoms with van der Waals surface area (Å²) in [5.74, 6) is 0.540. The molecule has 20 heavy (non-hydrogen) atoms. The Hall–Kier alpha value is -1.80. The fraction of sp³-hybridized carbons (Fsp3) is 0.333. The third kappa shape index (κ3) is 3.02. The summed E-state index contributed by atoms with van der Waals surface area (Å²) >= 11 is 0.